The standard InChI is InChI=1S/C31H36FN7O2/c1-29(2,3)41-28(40)39-26-10-21(6-7-22(26)12-27(39)34-20-30-17-31(32,18-30)19-30)15-38-16-25(35-36-38)23-11-24(14-33-13-23)37-8-4-5-9-37/h6-7,10-14,16,34H,4-5,8-9,15,17-20H2,1-3H3. The molecule has 8 rings (SSSR count). The number of aromatic nitrogens is 5. The van der Waals surface area contributed by atoms with Crippen LogP contribution >= 0.6 is 0 Å². The number of rotatable bonds is 7. The van der Waals surface area contributed by atoms with Crippen LogP contribution in [0.1, 0.15) is 58.4 Å². The highest BCUT2D eigenvalue weighted by molar-refractivity contribution is 5.95. The number of carbonyl (C=O) groups excluding carboxylic acids is 1. The van der Waals surface area contributed by atoms with Crippen molar-refractivity contribution in [3.05, 3.63) is 54.5 Å². The maximum Gasteiger partial charge on any atom is 0.420 e. The van der Waals surface area contributed by atoms with Gasteiger partial charge in [-0.2, -0.15) is 0 Å². The molecule has 10 heteroatoms. The van der Waals surface area contributed by atoms with Gasteiger partial charge in [0.25, 0.3) is 0 Å². The Hall–Kier alpha value is -3.95. The van der Waals surface area contributed by atoms with Crippen molar-refractivity contribution in [1.82, 2.24) is 24.5 Å². The van der Waals surface area contributed by atoms with Crippen molar-refractivity contribution in [3.63, 3.8) is 0 Å². The van der Waals surface area contributed by atoms with Gasteiger partial charge in [0.15, 0.2) is 0 Å². The first-order valence-corrected chi connectivity index (χ1v) is 14.5. The zero-order valence-electron chi connectivity index (χ0n) is 23.9. The van der Waals surface area contributed by atoms with Gasteiger partial charge in [-0.25, -0.2) is 18.4 Å². The van der Waals surface area contributed by atoms with E-state index in [0.717, 1.165) is 46.5 Å². The number of carbonyl (C=O) groups is 1. The van der Waals surface area contributed by atoms with E-state index in [1.54, 1.807) is 9.25 Å². The maximum absolute atomic E-state index is 14.1. The van der Waals surface area contributed by atoms with E-state index in [0.29, 0.717) is 38.2 Å². The summed E-state index contributed by atoms with van der Waals surface area (Å²) in [6.45, 7) is 8.82. The van der Waals surface area contributed by atoms with Gasteiger partial charge in [0.1, 0.15) is 22.8 Å². The van der Waals surface area contributed by atoms with Crippen molar-refractivity contribution < 1.29 is 13.9 Å². The second-order valence-corrected chi connectivity index (χ2v) is 13.2. The fraction of sp³-hybridized carbons (Fsp3) is 0.484. The normalized spacial score (nSPS) is 23.4. The number of alkyl halides is 1. The van der Waals surface area contributed by atoms with Crippen LogP contribution in [0, 0.1) is 5.41 Å². The molecule has 214 valence electrons. The van der Waals surface area contributed by atoms with E-state index in [1.165, 1.54) is 12.8 Å². The lowest BCUT2D eigenvalue weighted by Gasteiger charge is -2.66. The second kappa shape index (κ2) is 9.29. The molecule has 1 saturated heterocycles. The Labute approximate surface area is 238 Å². The van der Waals surface area contributed by atoms with Gasteiger partial charge in [-0.05, 0) is 82.1 Å². The molecule has 9 nitrogen and oxygen atoms in total. The first-order chi connectivity index (χ1) is 19.6. The van der Waals surface area contributed by atoms with E-state index < -0.39 is 17.4 Å². The van der Waals surface area contributed by atoms with Crippen LogP contribution in [0.5, 0.6) is 0 Å². The molecule has 0 atom stereocenters. The van der Waals surface area contributed by atoms with Crippen LogP contribution in [0.2, 0.25) is 0 Å². The summed E-state index contributed by atoms with van der Waals surface area (Å²) in [6.07, 6.45) is 9.43. The van der Waals surface area contributed by atoms with Crippen LogP contribution in [0.15, 0.2) is 48.9 Å². The topological polar surface area (TPSA) is 90.1 Å². The fourth-order valence-corrected chi connectivity index (χ4v) is 6.72. The van der Waals surface area contributed by atoms with Crippen LogP contribution in [-0.2, 0) is 11.3 Å². The van der Waals surface area contributed by atoms with E-state index in [9.17, 15) is 9.18 Å². The monoisotopic (exact) mass is 557 g/mol. The van der Waals surface area contributed by atoms with Gasteiger partial charge in [0, 0.05) is 36.8 Å². The Morgan fingerprint density at radius 1 is 1.10 bits per heavy atom. The molecule has 1 aliphatic heterocycles. The van der Waals surface area contributed by atoms with Gasteiger partial charge >= 0.3 is 6.09 Å². The van der Waals surface area contributed by atoms with Crippen LogP contribution < -0.4 is 10.2 Å². The molecule has 4 aromatic rings. The molecule has 0 radical (unpaired) electrons. The molecule has 4 heterocycles. The van der Waals surface area contributed by atoms with Gasteiger partial charge < -0.3 is 15.0 Å². The number of nitrogens with one attached hydrogen (secondary N) is 1. The number of hydrogen-bond acceptors (Lipinski definition) is 7. The second-order valence-electron chi connectivity index (χ2n) is 13.2. The number of ether oxygens (including phenoxy) is 1. The molecule has 1 aromatic carbocycles. The predicted molar refractivity (Wildman–Crippen MR) is 156 cm³/mol. The third kappa shape index (κ3) is 4.93. The largest absolute Gasteiger partial charge is 0.443 e. The van der Waals surface area contributed by atoms with Crippen molar-refractivity contribution in [2.45, 2.75) is 70.7 Å². The van der Waals surface area contributed by atoms with Gasteiger partial charge in [0.2, 0.25) is 0 Å². The smallest absolute Gasteiger partial charge is 0.420 e. The Bertz CT molecular complexity index is 1610. The molecule has 3 saturated carbocycles. The molecule has 41 heavy (non-hydrogen) atoms. The first kappa shape index (κ1) is 26.0. The molecule has 3 aliphatic carbocycles. The lowest BCUT2D eigenvalue weighted by atomic mass is 9.42. The van der Waals surface area contributed by atoms with Crippen molar-refractivity contribution >= 4 is 28.5 Å². The average molecular weight is 558 g/mol. The lowest BCUT2D eigenvalue weighted by molar-refractivity contribution is -0.204. The van der Waals surface area contributed by atoms with Gasteiger partial charge in [-0.3, -0.25) is 4.98 Å². The molecule has 0 unspecified atom stereocenters. The number of halogens is 1. The van der Waals surface area contributed by atoms with Crippen molar-refractivity contribution in [3.8, 4) is 11.3 Å². The Morgan fingerprint density at radius 3 is 2.61 bits per heavy atom. The summed E-state index contributed by atoms with van der Waals surface area (Å²) in [5, 5.41) is 13.1. The minimum Gasteiger partial charge on any atom is -0.443 e. The van der Waals surface area contributed by atoms with Crippen molar-refractivity contribution in [1.29, 1.82) is 0 Å². The zero-order chi connectivity index (χ0) is 28.4. The highest BCUT2D eigenvalue weighted by atomic mass is 19.1. The van der Waals surface area contributed by atoms with Crippen LogP contribution in [0.3, 0.4) is 0 Å². The van der Waals surface area contributed by atoms with E-state index in [4.69, 9.17) is 4.74 Å². The minimum atomic E-state index is -0.955. The molecule has 1 N–H and O–H groups in total. The fourth-order valence-electron chi connectivity index (χ4n) is 6.72. The molecule has 3 aromatic heterocycles. The van der Waals surface area contributed by atoms with Gasteiger partial charge in [-0.15, -0.1) is 5.10 Å². The Morgan fingerprint density at radius 2 is 1.88 bits per heavy atom. The van der Waals surface area contributed by atoms with E-state index in [1.807, 2.05) is 63.6 Å². The highest BCUT2D eigenvalue weighted by Gasteiger charge is 2.68. The van der Waals surface area contributed by atoms with Crippen LogP contribution in [0.4, 0.5) is 20.7 Å². The van der Waals surface area contributed by atoms with Crippen LogP contribution in [0.25, 0.3) is 22.2 Å². The number of pyridine rings is 1. The first-order valence-electron chi connectivity index (χ1n) is 14.5. The third-order valence-corrected chi connectivity index (χ3v) is 8.54. The molecule has 4 aliphatic rings. The van der Waals surface area contributed by atoms with Crippen molar-refractivity contribution in [2.24, 2.45) is 5.41 Å². The minimum absolute atomic E-state index is 0.00341. The number of fused-ring (bicyclic) bond motifs is 1. The Balaban J connectivity index is 1.14. The quantitative estimate of drug-likeness (QED) is 0.297. The van der Waals surface area contributed by atoms with E-state index in [-0.39, 0.29) is 5.41 Å². The molecule has 2 bridgehead atoms. The third-order valence-electron chi connectivity index (χ3n) is 8.54. The number of anilines is 2. The predicted octanol–water partition coefficient (Wildman–Crippen LogP) is 6.03. The number of hydrogen-bond donors (Lipinski definition) is 1. The SMILES string of the molecule is CC(C)(C)OC(=O)n1c(NCC23CC(F)(C2)C3)cc2ccc(Cn3cc(-c4cncc(N5CCCC5)c4)nn3)cc21. The average Bonchev–Trinajstić information content (AvgIpc) is 3.64. The van der Waals surface area contributed by atoms with Crippen molar-refractivity contribution in [2.75, 3.05) is 29.9 Å². The summed E-state index contributed by atoms with van der Waals surface area (Å²) >= 11 is 0. The summed E-state index contributed by atoms with van der Waals surface area (Å²) in [5.74, 6) is 0.664. The summed E-state index contributed by atoms with van der Waals surface area (Å²) in [7, 11) is 0. The summed E-state index contributed by atoms with van der Waals surface area (Å²) < 4.78 is 23.3. The molecule has 4 fully saturated rings. The molecule has 0 spiro atoms. The maximum atomic E-state index is 14.1. The van der Waals surface area contributed by atoms with Crippen LogP contribution in [-0.4, -0.2) is 61.5 Å². The molecule has 0 amide bonds. The number of nitrogens with zero attached hydrogens (tertiary/aromatic N) is 6. The number of benzene rings is 1. The Kier molecular flexibility index (Phi) is 5.89. The molecular weight excluding hydrogens is 521 g/mol. The highest BCUT2D eigenvalue weighted by Crippen LogP contribution is 2.69. The molecular formula is C31H36FN7O2. The van der Waals surface area contributed by atoms with Gasteiger partial charge in [0.05, 0.1) is 30.1 Å². The van der Waals surface area contributed by atoms with Gasteiger partial charge in [-0.1, -0.05) is 17.3 Å². The zero-order valence-corrected chi connectivity index (χ0v) is 23.9. The van der Waals surface area contributed by atoms with E-state index in [2.05, 4.69) is 31.6 Å². The summed E-state index contributed by atoms with van der Waals surface area (Å²) in [5.41, 5.74) is 2.96. The van der Waals surface area contributed by atoms with E-state index >= 15 is 0 Å². The summed E-state index contributed by atoms with van der Waals surface area (Å²) in [6, 6.07) is 10.1. The lowest BCUT2D eigenvalue weighted by Crippen LogP contribution is -2.66. The summed E-state index contributed by atoms with van der Waals surface area (Å²) in [4.78, 5) is 20.2.